The van der Waals surface area contributed by atoms with E-state index in [0.717, 1.165) is 16.6 Å². The molecule has 194 valence electrons. The van der Waals surface area contributed by atoms with Crippen molar-refractivity contribution < 1.29 is 19.3 Å². The Kier molecular flexibility index (Phi) is 7.18. The van der Waals surface area contributed by atoms with E-state index in [1.165, 1.54) is 6.33 Å². The molecular weight excluding hydrogens is 486 g/mol. The van der Waals surface area contributed by atoms with E-state index in [1.807, 2.05) is 54.6 Å². The first-order valence-electron chi connectivity index (χ1n) is 11.8. The van der Waals surface area contributed by atoms with Crippen molar-refractivity contribution in [2.45, 2.75) is 6.04 Å². The van der Waals surface area contributed by atoms with Crippen LogP contribution < -0.4 is 24.8 Å². The lowest BCUT2D eigenvalue weighted by molar-refractivity contribution is 0.276. The molecule has 2 aromatic heterocycles. The van der Waals surface area contributed by atoms with Gasteiger partial charge in [-0.1, -0.05) is 42.5 Å². The van der Waals surface area contributed by atoms with Crippen molar-refractivity contribution in [2.24, 2.45) is 0 Å². The number of hydrogen-bond donors (Lipinski definition) is 3. The fourth-order valence-corrected chi connectivity index (χ4v) is 4.14. The molecule has 3 N–H and O–H groups in total. The maximum atomic E-state index is 10.1. The molecule has 5 aromatic rings. The van der Waals surface area contributed by atoms with Gasteiger partial charge >= 0.3 is 0 Å². The molecule has 0 radical (unpaired) electrons. The van der Waals surface area contributed by atoms with E-state index in [-0.39, 0.29) is 12.6 Å². The summed E-state index contributed by atoms with van der Waals surface area (Å²) in [5.74, 6) is 2.59. The predicted octanol–water partition coefficient (Wildman–Crippen LogP) is 4.13. The van der Waals surface area contributed by atoms with E-state index >= 15 is 0 Å². The monoisotopic (exact) mass is 513 g/mol. The van der Waals surface area contributed by atoms with Crippen molar-refractivity contribution in [3.8, 4) is 23.2 Å². The van der Waals surface area contributed by atoms with Gasteiger partial charge in [-0.25, -0.2) is 19.5 Å². The van der Waals surface area contributed by atoms with Gasteiger partial charge in [0.25, 0.3) is 0 Å². The summed E-state index contributed by atoms with van der Waals surface area (Å²) >= 11 is 0. The highest BCUT2D eigenvalue weighted by Crippen LogP contribution is 2.40. The molecule has 0 amide bonds. The molecule has 0 saturated heterocycles. The minimum absolute atomic E-state index is 0.127. The molecule has 0 fully saturated rings. The van der Waals surface area contributed by atoms with Gasteiger partial charge in [0.15, 0.2) is 11.5 Å². The second-order valence-electron chi connectivity index (χ2n) is 8.20. The highest BCUT2D eigenvalue weighted by atomic mass is 16.5. The van der Waals surface area contributed by atoms with Crippen LogP contribution in [0.2, 0.25) is 0 Å². The Hall–Kier alpha value is -4.90. The Balaban J connectivity index is 1.53. The summed E-state index contributed by atoms with van der Waals surface area (Å²) in [6, 6.07) is 20.5. The average Bonchev–Trinajstić information content (AvgIpc) is 3.34. The number of methoxy groups -OCH3 is 3. The standard InChI is InChI=1S/C27H27N7O4/c1-36-22-13-18(14-23(37-2)24(22)38-3)30-25-28-16-29-26(33-25)34-21-12-8-7-11-19(21)31-27(34)32-20(15-35)17-9-5-4-6-10-17/h4-14,16,20,35H,15H2,1-3H3,(H,31,32)(H,28,29,30,33)/t20-/m0/s1. The largest absolute Gasteiger partial charge is 0.493 e. The van der Waals surface area contributed by atoms with E-state index in [2.05, 4.69) is 25.6 Å². The molecule has 0 unspecified atom stereocenters. The molecule has 0 saturated carbocycles. The maximum Gasteiger partial charge on any atom is 0.241 e. The summed E-state index contributed by atoms with van der Waals surface area (Å²) in [7, 11) is 4.65. The molecule has 0 aliphatic rings. The van der Waals surface area contributed by atoms with Gasteiger partial charge in [0.2, 0.25) is 23.6 Å². The number of imidazole rings is 1. The Morgan fingerprint density at radius 1 is 0.868 bits per heavy atom. The summed E-state index contributed by atoms with van der Waals surface area (Å²) < 4.78 is 18.1. The number of aromatic nitrogens is 5. The molecular formula is C27H27N7O4. The number of hydrogen-bond acceptors (Lipinski definition) is 10. The van der Waals surface area contributed by atoms with Crippen LogP contribution in [0.15, 0.2) is 73.1 Å². The van der Waals surface area contributed by atoms with E-state index in [4.69, 9.17) is 19.2 Å². The highest BCUT2D eigenvalue weighted by molar-refractivity contribution is 5.80. The van der Waals surface area contributed by atoms with Crippen molar-refractivity contribution in [3.05, 3.63) is 78.6 Å². The van der Waals surface area contributed by atoms with Crippen molar-refractivity contribution in [3.63, 3.8) is 0 Å². The summed E-state index contributed by atoms with van der Waals surface area (Å²) in [6.45, 7) is -0.127. The topological polar surface area (TPSA) is 128 Å². The van der Waals surface area contributed by atoms with Crippen LogP contribution in [0.25, 0.3) is 17.0 Å². The lowest BCUT2D eigenvalue weighted by Gasteiger charge is -2.18. The van der Waals surface area contributed by atoms with E-state index in [1.54, 1.807) is 38.0 Å². The maximum absolute atomic E-state index is 10.1. The third-order valence-electron chi connectivity index (χ3n) is 5.93. The van der Waals surface area contributed by atoms with Gasteiger partial charge in [-0.3, -0.25) is 0 Å². The molecule has 11 nitrogen and oxygen atoms in total. The second-order valence-corrected chi connectivity index (χ2v) is 8.20. The minimum Gasteiger partial charge on any atom is -0.493 e. The third-order valence-corrected chi connectivity index (χ3v) is 5.93. The van der Waals surface area contributed by atoms with Crippen molar-refractivity contribution >= 4 is 28.6 Å². The van der Waals surface area contributed by atoms with Crippen molar-refractivity contribution in [2.75, 3.05) is 38.6 Å². The quantitative estimate of drug-likeness (QED) is 0.251. The summed E-state index contributed by atoms with van der Waals surface area (Å²) in [6.07, 6.45) is 1.42. The van der Waals surface area contributed by atoms with E-state index in [0.29, 0.717) is 40.8 Å². The summed E-state index contributed by atoms with van der Waals surface area (Å²) in [5, 5.41) is 16.7. The summed E-state index contributed by atoms with van der Waals surface area (Å²) in [4.78, 5) is 18.1. The molecule has 38 heavy (non-hydrogen) atoms. The van der Waals surface area contributed by atoms with Crippen LogP contribution in [0, 0.1) is 0 Å². The second kappa shape index (κ2) is 11.0. The van der Waals surface area contributed by atoms with Gasteiger partial charge in [0, 0.05) is 17.8 Å². The van der Waals surface area contributed by atoms with Gasteiger partial charge in [-0.05, 0) is 17.7 Å². The number of anilines is 3. The number of aliphatic hydroxyl groups excluding tert-OH is 1. The zero-order valence-corrected chi connectivity index (χ0v) is 21.1. The number of benzene rings is 3. The molecule has 0 aliphatic heterocycles. The predicted molar refractivity (Wildman–Crippen MR) is 144 cm³/mol. The van der Waals surface area contributed by atoms with Crippen molar-refractivity contribution in [1.29, 1.82) is 0 Å². The van der Waals surface area contributed by atoms with Crippen LogP contribution in [-0.2, 0) is 0 Å². The average molecular weight is 514 g/mol. The normalized spacial score (nSPS) is 11.7. The first-order chi connectivity index (χ1) is 18.6. The van der Waals surface area contributed by atoms with Crippen LogP contribution in [0.5, 0.6) is 17.2 Å². The number of fused-ring (bicyclic) bond motifs is 1. The van der Waals surface area contributed by atoms with Crippen molar-refractivity contribution in [1.82, 2.24) is 24.5 Å². The molecule has 0 bridgehead atoms. The number of nitrogens with zero attached hydrogens (tertiary/aromatic N) is 5. The molecule has 5 rings (SSSR count). The molecule has 0 spiro atoms. The van der Waals surface area contributed by atoms with Gasteiger partial charge in [-0.15, -0.1) is 0 Å². The van der Waals surface area contributed by atoms with Crippen LogP contribution in [0.3, 0.4) is 0 Å². The Morgan fingerprint density at radius 3 is 2.26 bits per heavy atom. The van der Waals surface area contributed by atoms with Crippen LogP contribution in [-0.4, -0.2) is 57.5 Å². The fraction of sp³-hybridized carbons (Fsp3) is 0.185. The summed E-state index contributed by atoms with van der Waals surface area (Å²) in [5.41, 5.74) is 3.10. The van der Waals surface area contributed by atoms with E-state index in [9.17, 15) is 5.11 Å². The number of nitrogens with one attached hydrogen (secondary N) is 2. The highest BCUT2D eigenvalue weighted by Gasteiger charge is 2.20. The van der Waals surface area contributed by atoms with Gasteiger partial charge in [0.05, 0.1) is 45.0 Å². The molecule has 0 aliphatic carbocycles. The Labute approximate surface area is 219 Å². The number of aliphatic hydroxyl groups is 1. The first kappa shape index (κ1) is 24.8. The Bertz CT molecular complexity index is 1520. The lowest BCUT2D eigenvalue weighted by Crippen LogP contribution is -2.18. The van der Waals surface area contributed by atoms with Gasteiger partial charge in [-0.2, -0.15) is 4.98 Å². The molecule has 2 heterocycles. The first-order valence-corrected chi connectivity index (χ1v) is 11.8. The van der Waals surface area contributed by atoms with Crippen LogP contribution in [0.4, 0.5) is 17.6 Å². The van der Waals surface area contributed by atoms with Gasteiger partial charge in [0.1, 0.15) is 6.33 Å². The molecule has 3 aromatic carbocycles. The SMILES string of the molecule is COc1cc(Nc2ncnc(-n3c(N[C@@H](CO)c4ccccc4)nc4ccccc43)n2)cc(OC)c1OC. The Morgan fingerprint density at radius 2 is 1.58 bits per heavy atom. The van der Waals surface area contributed by atoms with E-state index < -0.39 is 0 Å². The van der Waals surface area contributed by atoms with Crippen LogP contribution >= 0.6 is 0 Å². The number of para-hydroxylation sites is 2. The molecule has 11 heteroatoms. The minimum atomic E-state index is -0.384. The fourth-order valence-electron chi connectivity index (χ4n) is 4.14. The zero-order chi connectivity index (χ0) is 26.5. The number of rotatable bonds is 10. The zero-order valence-electron chi connectivity index (χ0n) is 21.1. The van der Waals surface area contributed by atoms with Gasteiger partial charge < -0.3 is 30.0 Å². The smallest absolute Gasteiger partial charge is 0.241 e. The van der Waals surface area contributed by atoms with Crippen LogP contribution in [0.1, 0.15) is 11.6 Å². The third kappa shape index (κ3) is 4.87. The number of ether oxygens (including phenoxy) is 3. The lowest BCUT2D eigenvalue weighted by atomic mass is 10.1. The molecule has 1 atom stereocenters.